The second-order valence-electron chi connectivity index (χ2n) is 11.5. The summed E-state index contributed by atoms with van der Waals surface area (Å²) in [6.07, 6.45) is 10.5. The van der Waals surface area contributed by atoms with Gasteiger partial charge < -0.3 is 0 Å². The molecule has 4 nitrogen and oxygen atoms in total. The van der Waals surface area contributed by atoms with E-state index in [2.05, 4.69) is 25.0 Å². The molecular weight excluding hydrogens is 389 g/mol. The van der Waals surface area contributed by atoms with Crippen LogP contribution in [0.15, 0.2) is 6.20 Å². The van der Waals surface area contributed by atoms with Crippen LogP contribution in [-0.2, 0) is 11.3 Å². The Kier molecular flexibility index (Phi) is 5.07. The summed E-state index contributed by atoms with van der Waals surface area (Å²) < 4.78 is 18.1. The van der Waals surface area contributed by atoms with E-state index < -0.39 is 5.67 Å². The number of hydrogen-bond acceptors (Lipinski definition) is 3. The molecule has 0 amide bonds. The third-order valence-corrected chi connectivity index (χ3v) is 10.2. The summed E-state index contributed by atoms with van der Waals surface area (Å²) in [7, 11) is 0. The summed E-state index contributed by atoms with van der Waals surface area (Å²) in [6, 6.07) is 2.14. The lowest BCUT2D eigenvalue weighted by atomic mass is 9.48. The van der Waals surface area contributed by atoms with Crippen molar-refractivity contribution in [3.05, 3.63) is 17.5 Å². The molecule has 8 atom stereocenters. The Morgan fingerprint density at radius 2 is 2.03 bits per heavy atom. The third-order valence-electron chi connectivity index (χ3n) is 10.2. The number of halogens is 1. The number of nitrogens with zero attached hydrogens (tertiary/aromatic N) is 3. The summed E-state index contributed by atoms with van der Waals surface area (Å²) in [5, 5.41) is 13.5. The van der Waals surface area contributed by atoms with Crippen molar-refractivity contribution in [2.24, 2.45) is 40.9 Å². The van der Waals surface area contributed by atoms with Gasteiger partial charge in [-0.3, -0.25) is 9.48 Å². The largest absolute Gasteiger partial charge is 0.297 e. The van der Waals surface area contributed by atoms with Gasteiger partial charge in [-0.1, -0.05) is 13.8 Å². The van der Waals surface area contributed by atoms with Crippen molar-refractivity contribution in [2.75, 3.05) is 0 Å². The molecule has 31 heavy (non-hydrogen) atoms. The molecule has 5 heteroatoms. The minimum Gasteiger partial charge on any atom is -0.297 e. The number of fused-ring (bicyclic) bond motifs is 5. The van der Waals surface area contributed by atoms with Gasteiger partial charge in [0, 0.05) is 5.92 Å². The molecule has 0 radical (unpaired) electrons. The van der Waals surface area contributed by atoms with E-state index in [1.807, 2.05) is 6.92 Å². The van der Waals surface area contributed by atoms with Crippen LogP contribution in [0.5, 0.6) is 0 Å². The zero-order valence-corrected chi connectivity index (χ0v) is 19.2. The summed E-state index contributed by atoms with van der Waals surface area (Å²) >= 11 is 0. The van der Waals surface area contributed by atoms with Gasteiger partial charge in [0.25, 0.3) is 0 Å². The fraction of sp³-hybridized carbons (Fsp3) is 0.808. The Hall–Kier alpha value is -1.70. The molecule has 1 aromatic rings. The number of rotatable bonds is 3. The van der Waals surface area contributed by atoms with Gasteiger partial charge in [0.05, 0.1) is 17.5 Å². The molecule has 3 unspecified atom stereocenters. The monoisotopic (exact) mass is 425 g/mol. The van der Waals surface area contributed by atoms with Gasteiger partial charge in [0.1, 0.15) is 18.3 Å². The predicted octanol–water partition coefficient (Wildman–Crippen LogP) is 5.63. The van der Waals surface area contributed by atoms with Crippen LogP contribution in [0.1, 0.15) is 82.9 Å². The topological polar surface area (TPSA) is 58.7 Å². The quantitative estimate of drug-likeness (QED) is 0.631. The molecule has 0 N–H and O–H groups in total. The molecule has 1 aromatic heterocycles. The summed E-state index contributed by atoms with van der Waals surface area (Å²) in [5.41, 5.74) is 0.334. The third kappa shape index (κ3) is 3.11. The molecule has 4 saturated carbocycles. The smallest absolute Gasteiger partial charge is 0.157 e. The summed E-state index contributed by atoms with van der Waals surface area (Å²) in [6.45, 7) is 6.71. The van der Waals surface area contributed by atoms with Crippen LogP contribution in [0.25, 0.3) is 0 Å². The van der Waals surface area contributed by atoms with Gasteiger partial charge in [-0.05, 0) is 99.7 Å². The van der Waals surface area contributed by atoms with Crippen molar-refractivity contribution >= 4 is 5.78 Å². The van der Waals surface area contributed by atoms with Crippen LogP contribution in [-0.4, -0.2) is 21.2 Å². The maximum atomic E-state index is 16.4. The number of Topliss-reactive ketones (excluding diaryl/α,β-unsaturated/α-hetero) is 1. The number of hydrogen-bond donors (Lipinski definition) is 0. The van der Waals surface area contributed by atoms with Gasteiger partial charge in [0.2, 0.25) is 0 Å². The van der Waals surface area contributed by atoms with E-state index >= 15 is 4.39 Å². The Morgan fingerprint density at radius 3 is 2.77 bits per heavy atom. The Bertz CT molecular complexity index is 918. The van der Waals surface area contributed by atoms with Crippen LogP contribution in [0.3, 0.4) is 0 Å². The standard InChI is InChI=1S/C26H36FN3O/c1-16-8-11-26(27)19(12-16)4-5-20-21-6-7-23(25(21,3)10-9-22(20)26)24(31)15-30-17(2)18(13-28)14-29-30/h14,16,19-23H,4-12,15H2,1-3H3/t16-,19+,20-,21?,22?,23?,25-,26+/m0/s1. The van der Waals surface area contributed by atoms with Crippen molar-refractivity contribution in [3.8, 4) is 6.07 Å². The molecule has 4 fully saturated rings. The molecule has 168 valence electrons. The van der Waals surface area contributed by atoms with Crippen molar-refractivity contribution in [1.82, 2.24) is 9.78 Å². The number of carbonyl (C=O) groups excluding carboxylic acids is 1. The molecule has 0 saturated heterocycles. The van der Waals surface area contributed by atoms with Crippen LogP contribution in [0.2, 0.25) is 0 Å². The lowest BCUT2D eigenvalue weighted by molar-refractivity contribution is -0.146. The molecule has 5 rings (SSSR count). The Morgan fingerprint density at radius 1 is 1.23 bits per heavy atom. The second kappa shape index (κ2) is 7.42. The van der Waals surface area contributed by atoms with Gasteiger partial charge in [0.15, 0.2) is 5.78 Å². The SMILES string of the molecule is Cc1c(C#N)cnn1CC(=O)C1CCC2[C@@H]3CC[C@@H]4C[C@@H](C)CC[C@]4(F)C3CC[C@]12C. The highest BCUT2D eigenvalue weighted by atomic mass is 19.1. The molecule has 4 aliphatic carbocycles. The highest BCUT2D eigenvalue weighted by molar-refractivity contribution is 5.82. The molecular formula is C26H36FN3O. The van der Waals surface area contributed by atoms with Crippen LogP contribution < -0.4 is 0 Å². The highest BCUT2D eigenvalue weighted by Crippen LogP contribution is 2.66. The average molecular weight is 426 g/mol. The first-order valence-corrected chi connectivity index (χ1v) is 12.4. The Labute approximate surface area is 185 Å². The summed E-state index contributed by atoms with van der Waals surface area (Å²) in [5.74, 6) is 2.33. The molecule has 0 aromatic carbocycles. The lowest BCUT2D eigenvalue weighted by Crippen LogP contribution is -2.56. The van der Waals surface area contributed by atoms with Gasteiger partial charge in [-0.25, -0.2) is 4.39 Å². The molecule has 1 heterocycles. The zero-order chi connectivity index (χ0) is 22.0. The van der Waals surface area contributed by atoms with E-state index in [-0.39, 0.29) is 35.5 Å². The number of alkyl halides is 1. The maximum absolute atomic E-state index is 16.4. The van der Waals surface area contributed by atoms with E-state index in [0.717, 1.165) is 63.5 Å². The molecule has 0 aliphatic heterocycles. The summed E-state index contributed by atoms with van der Waals surface area (Å²) in [4.78, 5) is 13.4. The molecule has 0 spiro atoms. The first kappa shape index (κ1) is 21.2. The van der Waals surface area contributed by atoms with Crippen molar-refractivity contribution < 1.29 is 9.18 Å². The molecule has 0 bridgehead atoms. The average Bonchev–Trinajstić information content (AvgIpc) is 3.28. The number of carbonyl (C=O) groups is 1. The number of aromatic nitrogens is 2. The molecule has 4 aliphatic rings. The fourth-order valence-corrected chi connectivity index (χ4v) is 8.50. The predicted molar refractivity (Wildman–Crippen MR) is 117 cm³/mol. The first-order valence-electron chi connectivity index (χ1n) is 12.4. The van der Waals surface area contributed by atoms with E-state index in [9.17, 15) is 10.1 Å². The maximum Gasteiger partial charge on any atom is 0.157 e. The fourth-order valence-electron chi connectivity index (χ4n) is 8.50. The zero-order valence-electron chi connectivity index (χ0n) is 19.2. The van der Waals surface area contributed by atoms with Gasteiger partial charge in [-0.15, -0.1) is 0 Å². The normalized spacial score (nSPS) is 44.1. The minimum atomic E-state index is -0.960. The van der Waals surface area contributed by atoms with Crippen molar-refractivity contribution in [1.29, 1.82) is 5.26 Å². The van der Waals surface area contributed by atoms with E-state index in [1.165, 1.54) is 0 Å². The van der Waals surface area contributed by atoms with E-state index in [1.54, 1.807) is 10.9 Å². The minimum absolute atomic E-state index is 0.0114. The highest BCUT2D eigenvalue weighted by Gasteiger charge is 2.62. The van der Waals surface area contributed by atoms with E-state index in [4.69, 9.17) is 0 Å². The van der Waals surface area contributed by atoms with Crippen molar-refractivity contribution in [2.45, 2.75) is 90.8 Å². The van der Waals surface area contributed by atoms with Crippen LogP contribution in [0.4, 0.5) is 4.39 Å². The van der Waals surface area contributed by atoms with Gasteiger partial charge in [-0.2, -0.15) is 10.4 Å². The lowest BCUT2D eigenvalue weighted by Gasteiger charge is -2.58. The Balaban J connectivity index is 1.35. The van der Waals surface area contributed by atoms with Crippen molar-refractivity contribution in [3.63, 3.8) is 0 Å². The van der Waals surface area contributed by atoms with Gasteiger partial charge >= 0.3 is 0 Å². The first-order chi connectivity index (χ1) is 14.8. The second-order valence-corrected chi connectivity index (χ2v) is 11.5. The number of ketones is 1. The van der Waals surface area contributed by atoms with E-state index in [0.29, 0.717) is 23.3 Å². The number of nitriles is 1. The van der Waals surface area contributed by atoms with Crippen LogP contribution >= 0.6 is 0 Å². The van der Waals surface area contributed by atoms with Crippen LogP contribution in [0, 0.1) is 59.2 Å².